The lowest BCUT2D eigenvalue weighted by Gasteiger charge is -2.26. The number of carbonyl (C=O) groups is 1. The molecule has 0 unspecified atom stereocenters. The number of carbonyl (C=O) groups excluding carboxylic acids is 1. The van der Waals surface area contributed by atoms with E-state index in [0.717, 1.165) is 31.8 Å². The lowest BCUT2D eigenvalue weighted by molar-refractivity contribution is -0.133. The molecule has 1 heterocycles. The van der Waals surface area contributed by atoms with Crippen LogP contribution >= 0.6 is 0 Å². The Bertz CT molecular complexity index is 163. The summed E-state index contributed by atoms with van der Waals surface area (Å²) in [6.45, 7) is 2.08. The highest BCUT2D eigenvalue weighted by Crippen LogP contribution is 2.30. The molecule has 2 heteroatoms. The quantitative estimate of drug-likeness (QED) is 0.587. The van der Waals surface area contributed by atoms with Crippen molar-refractivity contribution in [3.05, 3.63) is 0 Å². The second kappa shape index (κ2) is 2.84. The molecule has 2 rings (SSSR count). The van der Waals surface area contributed by atoms with Gasteiger partial charge in [-0.15, -0.1) is 0 Å². The van der Waals surface area contributed by atoms with Crippen molar-refractivity contribution in [3.63, 3.8) is 0 Å². The molecule has 1 aliphatic carbocycles. The zero-order chi connectivity index (χ0) is 7.68. The van der Waals surface area contributed by atoms with Gasteiger partial charge in [-0.05, 0) is 31.6 Å². The maximum Gasteiger partial charge on any atom is 0.222 e. The van der Waals surface area contributed by atoms with Gasteiger partial charge in [0, 0.05) is 19.5 Å². The first-order chi connectivity index (χ1) is 5.36. The third-order valence-electron chi connectivity index (χ3n) is 2.60. The number of likely N-dealkylation sites (tertiary alicyclic amines) is 1. The minimum atomic E-state index is 0.392. The summed E-state index contributed by atoms with van der Waals surface area (Å²) >= 11 is 0. The standard InChI is InChI=1S/C9H15NO/c11-9-3-1-2-6-10(9)7-8-4-5-8/h8H,1-7H2. The highest BCUT2D eigenvalue weighted by Gasteiger charge is 2.27. The van der Waals surface area contributed by atoms with Crippen molar-refractivity contribution in [2.24, 2.45) is 5.92 Å². The van der Waals surface area contributed by atoms with Crippen LogP contribution in [0, 0.1) is 5.92 Å². The maximum atomic E-state index is 11.3. The van der Waals surface area contributed by atoms with Gasteiger partial charge in [-0.2, -0.15) is 0 Å². The summed E-state index contributed by atoms with van der Waals surface area (Å²) in [6, 6.07) is 0. The van der Waals surface area contributed by atoms with Gasteiger partial charge in [-0.3, -0.25) is 4.79 Å². The van der Waals surface area contributed by atoms with Gasteiger partial charge < -0.3 is 4.90 Å². The zero-order valence-electron chi connectivity index (χ0n) is 6.88. The molecule has 0 aromatic heterocycles. The topological polar surface area (TPSA) is 20.3 Å². The maximum absolute atomic E-state index is 11.3. The predicted molar refractivity (Wildman–Crippen MR) is 43.2 cm³/mol. The van der Waals surface area contributed by atoms with Crippen molar-refractivity contribution in [1.29, 1.82) is 0 Å². The van der Waals surface area contributed by atoms with E-state index in [1.807, 2.05) is 0 Å². The van der Waals surface area contributed by atoms with Gasteiger partial charge in [0.1, 0.15) is 0 Å². The number of amides is 1. The number of piperidine rings is 1. The van der Waals surface area contributed by atoms with E-state index in [1.165, 1.54) is 19.3 Å². The Hall–Kier alpha value is -0.530. The van der Waals surface area contributed by atoms with E-state index >= 15 is 0 Å². The molecule has 1 saturated carbocycles. The Balaban J connectivity index is 1.83. The molecule has 0 spiro atoms. The predicted octanol–water partition coefficient (Wildman–Crippen LogP) is 1.41. The Morgan fingerprint density at radius 3 is 2.82 bits per heavy atom. The summed E-state index contributed by atoms with van der Waals surface area (Å²) in [7, 11) is 0. The molecule has 1 amide bonds. The van der Waals surface area contributed by atoms with Crippen LogP contribution in [0.1, 0.15) is 32.1 Å². The number of nitrogens with zero attached hydrogens (tertiary/aromatic N) is 1. The van der Waals surface area contributed by atoms with Crippen LogP contribution < -0.4 is 0 Å². The summed E-state index contributed by atoms with van der Waals surface area (Å²) in [5.74, 6) is 1.25. The monoisotopic (exact) mass is 153 g/mol. The molecule has 1 aliphatic heterocycles. The molecule has 1 saturated heterocycles. The van der Waals surface area contributed by atoms with Crippen molar-refractivity contribution in [2.45, 2.75) is 32.1 Å². The van der Waals surface area contributed by atoms with Gasteiger partial charge in [0.05, 0.1) is 0 Å². The van der Waals surface area contributed by atoms with Gasteiger partial charge in [0.15, 0.2) is 0 Å². The van der Waals surface area contributed by atoms with Crippen molar-refractivity contribution < 1.29 is 4.79 Å². The van der Waals surface area contributed by atoms with Crippen molar-refractivity contribution in [3.8, 4) is 0 Å². The molecule has 2 fully saturated rings. The Morgan fingerprint density at radius 2 is 2.18 bits per heavy atom. The molecule has 0 aromatic rings. The van der Waals surface area contributed by atoms with Gasteiger partial charge in [0.25, 0.3) is 0 Å². The van der Waals surface area contributed by atoms with Gasteiger partial charge in [-0.1, -0.05) is 0 Å². The molecule has 11 heavy (non-hydrogen) atoms. The normalized spacial score (nSPS) is 25.8. The molecule has 0 N–H and O–H groups in total. The largest absolute Gasteiger partial charge is 0.342 e. The summed E-state index contributed by atoms with van der Waals surface area (Å²) in [6.07, 6.45) is 5.83. The average Bonchev–Trinajstić information content (AvgIpc) is 2.78. The van der Waals surface area contributed by atoms with Crippen LogP contribution in [0.5, 0.6) is 0 Å². The molecule has 0 aromatic carbocycles. The average molecular weight is 153 g/mol. The van der Waals surface area contributed by atoms with Gasteiger partial charge in [0.2, 0.25) is 5.91 Å². The van der Waals surface area contributed by atoms with E-state index in [0.29, 0.717) is 5.91 Å². The number of rotatable bonds is 2. The lowest BCUT2D eigenvalue weighted by Crippen LogP contribution is -2.36. The Morgan fingerprint density at radius 1 is 1.36 bits per heavy atom. The molecule has 0 bridgehead atoms. The molecular weight excluding hydrogens is 138 g/mol. The van der Waals surface area contributed by atoms with E-state index in [9.17, 15) is 4.79 Å². The van der Waals surface area contributed by atoms with E-state index in [-0.39, 0.29) is 0 Å². The number of hydrogen-bond acceptors (Lipinski definition) is 1. The summed E-state index contributed by atoms with van der Waals surface area (Å²) in [5.41, 5.74) is 0. The first kappa shape index (κ1) is 7.14. The number of hydrogen-bond donors (Lipinski definition) is 0. The SMILES string of the molecule is O=C1CCCCN1CC1CC1. The van der Waals surface area contributed by atoms with Crippen molar-refractivity contribution in [1.82, 2.24) is 4.90 Å². The molecule has 2 nitrogen and oxygen atoms in total. The third kappa shape index (κ3) is 1.73. The van der Waals surface area contributed by atoms with E-state index in [4.69, 9.17) is 0 Å². The van der Waals surface area contributed by atoms with Crippen LogP contribution in [-0.2, 0) is 4.79 Å². The van der Waals surface area contributed by atoms with Crippen molar-refractivity contribution >= 4 is 5.91 Å². The fourth-order valence-electron chi connectivity index (χ4n) is 1.67. The van der Waals surface area contributed by atoms with Crippen molar-refractivity contribution in [2.75, 3.05) is 13.1 Å². The smallest absolute Gasteiger partial charge is 0.222 e. The van der Waals surface area contributed by atoms with Gasteiger partial charge in [-0.25, -0.2) is 0 Å². The fourth-order valence-corrected chi connectivity index (χ4v) is 1.67. The molecule has 0 atom stereocenters. The first-order valence-electron chi connectivity index (χ1n) is 4.64. The molecular formula is C9H15NO. The van der Waals surface area contributed by atoms with E-state index in [1.54, 1.807) is 0 Å². The Kier molecular flexibility index (Phi) is 1.84. The summed E-state index contributed by atoms with van der Waals surface area (Å²) < 4.78 is 0. The zero-order valence-corrected chi connectivity index (χ0v) is 6.88. The second-order valence-corrected chi connectivity index (χ2v) is 3.74. The molecule has 0 radical (unpaired) electrons. The van der Waals surface area contributed by atoms with Crippen LogP contribution in [0.25, 0.3) is 0 Å². The Labute approximate surface area is 67.6 Å². The highest BCUT2D eigenvalue weighted by molar-refractivity contribution is 5.76. The minimum absolute atomic E-state index is 0.392. The highest BCUT2D eigenvalue weighted by atomic mass is 16.2. The molecule has 62 valence electrons. The van der Waals surface area contributed by atoms with Crippen LogP contribution in [0.3, 0.4) is 0 Å². The van der Waals surface area contributed by atoms with Crippen LogP contribution in [0.15, 0.2) is 0 Å². The van der Waals surface area contributed by atoms with Gasteiger partial charge >= 0.3 is 0 Å². The van der Waals surface area contributed by atoms with E-state index < -0.39 is 0 Å². The third-order valence-corrected chi connectivity index (χ3v) is 2.60. The summed E-state index contributed by atoms with van der Waals surface area (Å²) in [5, 5.41) is 0. The van der Waals surface area contributed by atoms with Crippen LogP contribution in [0.2, 0.25) is 0 Å². The minimum Gasteiger partial charge on any atom is -0.342 e. The summed E-state index contributed by atoms with van der Waals surface area (Å²) in [4.78, 5) is 13.3. The van der Waals surface area contributed by atoms with E-state index in [2.05, 4.69) is 4.90 Å². The molecule has 2 aliphatic rings. The second-order valence-electron chi connectivity index (χ2n) is 3.74. The lowest BCUT2D eigenvalue weighted by atomic mass is 10.1. The van der Waals surface area contributed by atoms with Crippen LogP contribution in [0.4, 0.5) is 0 Å². The fraction of sp³-hybridized carbons (Fsp3) is 0.889. The van der Waals surface area contributed by atoms with Crippen LogP contribution in [-0.4, -0.2) is 23.9 Å². The first-order valence-corrected chi connectivity index (χ1v) is 4.64.